The number of aromatic nitrogens is 1. The average molecular weight is 415 g/mol. The highest BCUT2D eigenvalue weighted by Gasteiger charge is 2.39. The molecule has 7 nitrogen and oxygen atoms in total. The van der Waals surface area contributed by atoms with Gasteiger partial charge in [-0.1, -0.05) is 15.9 Å². The fourth-order valence-electron chi connectivity index (χ4n) is 2.23. The number of hydrogen-bond acceptors (Lipinski definition) is 6. The van der Waals surface area contributed by atoms with E-state index in [-0.39, 0.29) is 29.1 Å². The zero-order valence-electron chi connectivity index (χ0n) is 12.8. The first kappa shape index (κ1) is 17.1. The van der Waals surface area contributed by atoms with Crippen LogP contribution in [0.25, 0.3) is 0 Å². The molecule has 2 aromatic rings. The number of hydrogen-bond donors (Lipinski definition) is 0. The van der Waals surface area contributed by atoms with Crippen LogP contribution in [0.3, 0.4) is 0 Å². The van der Waals surface area contributed by atoms with E-state index in [1.807, 2.05) is 0 Å². The summed E-state index contributed by atoms with van der Waals surface area (Å²) in [6.07, 6.45) is 2.75. The van der Waals surface area contributed by atoms with Crippen molar-refractivity contribution in [1.29, 1.82) is 0 Å². The van der Waals surface area contributed by atoms with Gasteiger partial charge in [0.25, 0.3) is 0 Å². The van der Waals surface area contributed by atoms with E-state index in [0.29, 0.717) is 0 Å². The van der Waals surface area contributed by atoms with Crippen molar-refractivity contribution in [3.8, 4) is 0 Å². The highest BCUT2D eigenvalue weighted by atomic mass is 79.9. The Balaban J connectivity index is 1.86. The molecule has 0 amide bonds. The molecule has 1 aliphatic rings. The zero-order chi connectivity index (χ0) is 17.3. The van der Waals surface area contributed by atoms with Crippen LogP contribution >= 0.6 is 15.9 Å². The van der Waals surface area contributed by atoms with Crippen molar-refractivity contribution in [1.82, 2.24) is 9.29 Å². The van der Waals surface area contributed by atoms with Gasteiger partial charge < -0.3 is 9.15 Å². The summed E-state index contributed by atoms with van der Waals surface area (Å²) in [5.41, 5.74) is 0.0179. The number of halogens is 1. The van der Waals surface area contributed by atoms with Crippen molar-refractivity contribution in [2.75, 3.05) is 7.11 Å². The Morgan fingerprint density at radius 3 is 2.62 bits per heavy atom. The second kappa shape index (κ2) is 6.66. The lowest BCUT2D eigenvalue weighted by molar-refractivity contribution is 0.0594. The maximum atomic E-state index is 12.9. The minimum absolute atomic E-state index is 0.0179. The fourth-order valence-corrected chi connectivity index (χ4v) is 4.13. The van der Waals surface area contributed by atoms with Gasteiger partial charge in [0.15, 0.2) is 5.69 Å². The predicted molar refractivity (Wildman–Crippen MR) is 87.7 cm³/mol. The number of carbonyl (C=O) groups excluding carboxylic acids is 1. The number of nitrogens with zero attached hydrogens (tertiary/aromatic N) is 2. The molecule has 0 bridgehead atoms. The summed E-state index contributed by atoms with van der Waals surface area (Å²) in [4.78, 5) is 15.6. The summed E-state index contributed by atoms with van der Waals surface area (Å²) in [7, 11) is -2.43. The van der Waals surface area contributed by atoms with E-state index < -0.39 is 16.0 Å². The summed E-state index contributed by atoms with van der Waals surface area (Å²) in [5.74, 6) is -0.471. The van der Waals surface area contributed by atoms with Crippen molar-refractivity contribution in [2.45, 2.75) is 30.3 Å². The van der Waals surface area contributed by atoms with Gasteiger partial charge in [0, 0.05) is 10.5 Å². The number of rotatable bonds is 6. The number of sulfonamides is 1. The topological polar surface area (TPSA) is 89.7 Å². The molecule has 1 aromatic heterocycles. The van der Waals surface area contributed by atoms with Crippen LogP contribution in [-0.4, -0.2) is 36.8 Å². The molecule has 1 heterocycles. The van der Waals surface area contributed by atoms with E-state index in [2.05, 4.69) is 25.7 Å². The van der Waals surface area contributed by atoms with Gasteiger partial charge in [-0.2, -0.15) is 4.31 Å². The molecule has 128 valence electrons. The standard InChI is InChI=1S/C15H15BrN2O5S/c1-22-15(19)13-9-23-14(17-13)8-18(11-4-5-11)24(20,21)12-6-2-10(16)3-7-12/h2-3,6-7,9,11H,4-5,8H2,1H3. The summed E-state index contributed by atoms with van der Waals surface area (Å²) < 4.78 is 37.7. The average Bonchev–Trinajstić information content (AvgIpc) is 3.29. The van der Waals surface area contributed by atoms with Crippen molar-refractivity contribution < 1.29 is 22.4 Å². The molecule has 0 saturated heterocycles. The molecule has 1 saturated carbocycles. The maximum Gasteiger partial charge on any atom is 0.360 e. The Morgan fingerprint density at radius 2 is 2.04 bits per heavy atom. The molecule has 0 atom stereocenters. The van der Waals surface area contributed by atoms with Gasteiger partial charge >= 0.3 is 5.97 Å². The van der Waals surface area contributed by atoms with Crippen molar-refractivity contribution in [2.24, 2.45) is 0 Å². The molecule has 24 heavy (non-hydrogen) atoms. The third kappa shape index (κ3) is 3.52. The van der Waals surface area contributed by atoms with Gasteiger partial charge in [-0.15, -0.1) is 0 Å². The summed E-state index contributed by atoms with van der Waals surface area (Å²) in [5, 5.41) is 0. The van der Waals surface area contributed by atoms with E-state index in [4.69, 9.17) is 4.42 Å². The van der Waals surface area contributed by atoms with Crippen LogP contribution in [0.4, 0.5) is 0 Å². The Kier molecular flexibility index (Phi) is 4.75. The van der Waals surface area contributed by atoms with Crippen molar-refractivity contribution >= 4 is 31.9 Å². The number of ether oxygens (including phenoxy) is 1. The molecule has 1 fully saturated rings. The van der Waals surface area contributed by atoms with Crippen LogP contribution in [-0.2, 0) is 21.3 Å². The molecular formula is C15H15BrN2O5S. The van der Waals surface area contributed by atoms with Crippen LogP contribution in [0.2, 0.25) is 0 Å². The molecule has 1 aromatic carbocycles. The molecule has 0 aliphatic heterocycles. The van der Waals surface area contributed by atoms with Crippen molar-refractivity contribution in [3.05, 3.63) is 46.6 Å². The third-order valence-electron chi connectivity index (χ3n) is 3.61. The lowest BCUT2D eigenvalue weighted by Gasteiger charge is -2.20. The third-order valence-corrected chi connectivity index (χ3v) is 6.05. The second-order valence-electron chi connectivity index (χ2n) is 5.35. The highest BCUT2D eigenvalue weighted by Crippen LogP contribution is 2.33. The Bertz CT molecular complexity index is 843. The maximum absolute atomic E-state index is 12.9. The predicted octanol–water partition coefficient (Wildman–Crippen LogP) is 2.58. The molecule has 1 aliphatic carbocycles. The van der Waals surface area contributed by atoms with Gasteiger partial charge in [-0.3, -0.25) is 0 Å². The molecule has 9 heteroatoms. The Hall–Kier alpha value is -1.71. The first-order valence-corrected chi connectivity index (χ1v) is 9.45. The van der Waals surface area contributed by atoms with E-state index >= 15 is 0 Å². The molecular weight excluding hydrogens is 400 g/mol. The van der Waals surface area contributed by atoms with Crippen molar-refractivity contribution in [3.63, 3.8) is 0 Å². The number of methoxy groups -OCH3 is 1. The monoisotopic (exact) mass is 414 g/mol. The largest absolute Gasteiger partial charge is 0.464 e. The fraction of sp³-hybridized carbons (Fsp3) is 0.333. The Labute approximate surface area is 147 Å². The number of carbonyl (C=O) groups is 1. The Morgan fingerprint density at radius 1 is 1.38 bits per heavy atom. The first-order chi connectivity index (χ1) is 11.4. The van der Waals surface area contributed by atoms with Gasteiger partial charge in [0.05, 0.1) is 18.6 Å². The highest BCUT2D eigenvalue weighted by molar-refractivity contribution is 9.10. The van der Waals surface area contributed by atoms with Gasteiger partial charge in [0.1, 0.15) is 6.26 Å². The quantitative estimate of drug-likeness (QED) is 0.674. The molecule has 0 radical (unpaired) electrons. The van der Waals surface area contributed by atoms with Gasteiger partial charge in [-0.05, 0) is 37.1 Å². The zero-order valence-corrected chi connectivity index (χ0v) is 15.2. The molecule has 0 spiro atoms. The minimum Gasteiger partial charge on any atom is -0.464 e. The van der Waals surface area contributed by atoms with E-state index in [9.17, 15) is 13.2 Å². The smallest absolute Gasteiger partial charge is 0.360 e. The number of benzene rings is 1. The van der Waals surface area contributed by atoms with Crippen LogP contribution in [0.5, 0.6) is 0 Å². The SMILES string of the molecule is COC(=O)c1coc(CN(C2CC2)S(=O)(=O)c2ccc(Br)cc2)n1. The number of esters is 1. The second-order valence-corrected chi connectivity index (χ2v) is 8.16. The van der Waals surface area contributed by atoms with E-state index in [1.54, 1.807) is 24.3 Å². The number of oxazole rings is 1. The molecule has 0 N–H and O–H groups in total. The summed E-state index contributed by atoms with van der Waals surface area (Å²) in [6, 6.07) is 6.37. The molecule has 0 unspecified atom stereocenters. The normalized spacial score (nSPS) is 14.8. The molecule has 3 rings (SSSR count). The van der Waals surface area contributed by atoms with Crippen LogP contribution in [0, 0.1) is 0 Å². The summed E-state index contributed by atoms with van der Waals surface area (Å²) in [6.45, 7) is -0.0277. The van der Waals surface area contributed by atoms with E-state index in [1.165, 1.54) is 17.7 Å². The van der Waals surface area contributed by atoms with Crippen LogP contribution in [0.15, 0.2) is 44.3 Å². The minimum atomic E-state index is -3.67. The summed E-state index contributed by atoms with van der Waals surface area (Å²) >= 11 is 3.29. The lowest BCUT2D eigenvalue weighted by atomic mass is 10.4. The van der Waals surface area contributed by atoms with Crippen LogP contribution < -0.4 is 0 Å². The van der Waals surface area contributed by atoms with Crippen LogP contribution in [0.1, 0.15) is 29.2 Å². The van der Waals surface area contributed by atoms with Gasteiger partial charge in [0.2, 0.25) is 15.9 Å². The van der Waals surface area contributed by atoms with Gasteiger partial charge in [-0.25, -0.2) is 18.2 Å². The first-order valence-electron chi connectivity index (χ1n) is 7.22. The van der Waals surface area contributed by atoms with E-state index in [0.717, 1.165) is 17.3 Å². The lowest BCUT2D eigenvalue weighted by Crippen LogP contribution is -2.32.